The minimum atomic E-state index is -3.37. The third kappa shape index (κ3) is 4.36. The number of hydrogen-bond acceptors (Lipinski definition) is 5. The zero-order valence-corrected chi connectivity index (χ0v) is 15.1. The zero-order valence-electron chi connectivity index (χ0n) is 14.3. The van der Waals surface area contributed by atoms with E-state index in [1.54, 1.807) is 26.2 Å². The second kappa shape index (κ2) is 7.51. The standard InChI is InChI=1S/C18H22N2O4S/c1-13(2)25(21,22)20-17-11-23-12-18(17)24-16-5-3-14(4-6-16)15-7-9-19-10-8-15/h3-10,13,17-18,20H,11-12H2,1-2H3/t17-,18+/m0/s1. The van der Waals surface area contributed by atoms with Crippen molar-refractivity contribution in [1.82, 2.24) is 9.71 Å². The maximum absolute atomic E-state index is 12.1. The summed E-state index contributed by atoms with van der Waals surface area (Å²) in [7, 11) is -3.37. The van der Waals surface area contributed by atoms with Crippen molar-refractivity contribution in [2.75, 3.05) is 13.2 Å². The van der Waals surface area contributed by atoms with Gasteiger partial charge in [0.25, 0.3) is 0 Å². The lowest BCUT2D eigenvalue weighted by atomic mass is 10.1. The minimum absolute atomic E-state index is 0.311. The predicted molar refractivity (Wildman–Crippen MR) is 95.9 cm³/mol. The normalized spacial score (nSPS) is 20.8. The zero-order chi connectivity index (χ0) is 17.9. The van der Waals surface area contributed by atoms with Gasteiger partial charge in [-0.25, -0.2) is 13.1 Å². The molecule has 0 unspecified atom stereocenters. The van der Waals surface area contributed by atoms with Crippen LogP contribution in [0, 0.1) is 0 Å². The predicted octanol–water partition coefficient (Wildman–Crippen LogP) is 2.22. The molecule has 0 bridgehead atoms. The topological polar surface area (TPSA) is 77.5 Å². The van der Waals surface area contributed by atoms with Crippen LogP contribution < -0.4 is 9.46 Å². The van der Waals surface area contributed by atoms with Gasteiger partial charge in [0, 0.05) is 12.4 Å². The number of rotatable bonds is 6. The summed E-state index contributed by atoms with van der Waals surface area (Å²) >= 11 is 0. The number of hydrogen-bond donors (Lipinski definition) is 1. The van der Waals surface area contributed by atoms with E-state index < -0.39 is 15.3 Å². The Morgan fingerprint density at radius 3 is 2.36 bits per heavy atom. The van der Waals surface area contributed by atoms with Crippen molar-refractivity contribution in [2.24, 2.45) is 0 Å². The number of benzene rings is 1. The number of nitrogens with one attached hydrogen (secondary N) is 1. The quantitative estimate of drug-likeness (QED) is 0.853. The summed E-state index contributed by atoms with van der Waals surface area (Å²) in [5.74, 6) is 0.682. The summed E-state index contributed by atoms with van der Waals surface area (Å²) in [5.41, 5.74) is 2.14. The molecule has 6 nitrogen and oxygen atoms in total. The van der Waals surface area contributed by atoms with Crippen molar-refractivity contribution in [1.29, 1.82) is 0 Å². The Bertz CT molecular complexity index is 792. The van der Waals surface area contributed by atoms with Gasteiger partial charge in [0.1, 0.15) is 11.9 Å². The Morgan fingerprint density at radius 2 is 1.72 bits per heavy atom. The Hall–Kier alpha value is -1.96. The van der Waals surface area contributed by atoms with Crippen molar-refractivity contribution in [3.8, 4) is 16.9 Å². The molecule has 7 heteroatoms. The average molecular weight is 362 g/mol. The molecule has 134 valence electrons. The molecule has 25 heavy (non-hydrogen) atoms. The molecule has 1 aromatic carbocycles. The first-order valence-electron chi connectivity index (χ1n) is 8.22. The van der Waals surface area contributed by atoms with E-state index in [9.17, 15) is 8.42 Å². The van der Waals surface area contributed by atoms with Gasteiger partial charge in [0.15, 0.2) is 0 Å². The van der Waals surface area contributed by atoms with Crippen molar-refractivity contribution in [2.45, 2.75) is 31.2 Å². The van der Waals surface area contributed by atoms with Crippen LogP contribution in [0.25, 0.3) is 11.1 Å². The van der Waals surface area contributed by atoms with Crippen LogP contribution in [0.4, 0.5) is 0 Å². The lowest BCUT2D eigenvalue weighted by Crippen LogP contribution is -2.47. The van der Waals surface area contributed by atoms with Gasteiger partial charge in [-0.3, -0.25) is 4.98 Å². The Balaban J connectivity index is 1.67. The molecular weight excluding hydrogens is 340 g/mol. The number of pyridine rings is 1. The van der Waals surface area contributed by atoms with Crippen LogP contribution >= 0.6 is 0 Å². The van der Waals surface area contributed by atoms with Crippen molar-refractivity contribution in [3.05, 3.63) is 48.8 Å². The summed E-state index contributed by atoms with van der Waals surface area (Å²) in [6.45, 7) is 3.96. The smallest absolute Gasteiger partial charge is 0.214 e. The highest BCUT2D eigenvalue weighted by Gasteiger charge is 2.34. The first-order chi connectivity index (χ1) is 12.0. The molecule has 1 fully saturated rings. The lowest BCUT2D eigenvalue weighted by Gasteiger charge is -2.21. The maximum atomic E-state index is 12.1. The third-order valence-corrected chi connectivity index (χ3v) is 5.99. The molecule has 0 saturated carbocycles. The van der Waals surface area contributed by atoms with Gasteiger partial charge in [-0.2, -0.15) is 0 Å². The van der Waals surface area contributed by atoms with Gasteiger partial charge in [-0.1, -0.05) is 12.1 Å². The van der Waals surface area contributed by atoms with E-state index >= 15 is 0 Å². The molecule has 3 rings (SSSR count). The summed E-state index contributed by atoms with van der Waals surface area (Å²) in [5, 5.41) is -0.492. The van der Waals surface area contributed by atoms with Crippen molar-refractivity contribution in [3.63, 3.8) is 0 Å². The highest BCUT2D eigenvalue weighted by Crippen LogP contribution is 2.24. The van der Waals surface area contributed by atoms with Crippen LogP contribution in [-0.4, -0.2) is 44.0 Å². The highest BCUT2D eigenvalue weighted by atomic mass is 32.2. The lowest BCUT2D eigenvalue weighted by molar-refractivity contribution is 0.140. The van der Waals surface area contributed by atoms with Gasteiger partial charge in [-0.05, 0) is 49.2 Å². The molecule has 0 spiro atoms. The van der Waals surface area contributed by atoms with E-state index in [2.05, 4.69) is 9.71 Å². The monoisotopic (exact) mass is 362 g/mol. The van der Waals surface area contributed by atoms with Crippen LogP contribution in [0.2, 0.25) is 0 Å². The Labute approximate surface area is 148 Å². The second-order valence-corrected chi connectivity index (χ2v) is 8.54. The molecule has 1 aromatic heterocycles. The molecule has 0 radical (unpaired) electrons. The van der Waals surface area contributed by atoms with Gasteiger partial charge in [0.2, 0.25) is 10.0 Å². The summed E-state index contributed by atoms with van der Waals surface area (Å²) < 4.78 is 38.1. The van der Waals surface area contributed by atoms with E-state index in [1.807, 2.05) is 36.4 Å². The van der Waals surface area contributed by atoms with Crippen LogP contribution in [0.3, 0.4) is 0 Å². The van der Waals surface area contributed by atoms with Crippen LogP contribution in [0.1, 0.15) is 13.8 Å². The molecule has 1 aliphatic heterocycles. The molecule has 0 amide bonds. The molecule has 2 atom stereocenters. The van der Waals surface area contributed by atoms with E-state index in [4.69, 9.17) is 9.47 Å². The summed E-state index contributed by atoms with van der Waals surface area (Å²) in [6, 6.07) is 11.2. The van der Waals surface area contributed by atoms with E-state index in [0.29, 0.717) is 19.0 Å². The van der Waals surface area contributed by atoms with E-state index in [-0.39, 0.29) is 12.1 Å². The molecule has 2 heterocycles. The molecule has 0 aliphatic carbocycles. The number of nitrogens with zero attached hydrogens (tertiary/aromatic N) is 1. The van der Waals surface area contributed by atoms with Gasteiger partial charge >= 0.3 is 0 Å². The Kier molecular flexibility index (Phi) is 5.36. The first kappa shape index (κ1) is 17.8. The van der Waals surface area contributed by atoms with Gasteiger partial charge in [0.05, 0.1) is 24.5 Å². The fourth-order valence-electron chi connectivity index (χ4n) is 2.55. The number of ether oxygens (including phenoxy) is 2. The highest BCUT2D eigenvalue weighted by molar-refractivity contribution is 7.90. The van der Waals surface area contributed by atoms with Crippen LogP contribution in [0.15, 0.2) is 48.8 Å². The number of aromatic nitrogens is 1. The largest absolute Gasteiger partial charge is 0.486 e. The fraction of sp³-hybridized carbons (Fsp3) is 0.389. The van der Waals surface area contributed by atoms with Crippen molar-refractivity contribution < 1.29 is 17.9 Å². The maximum Gasteiger partial charge on any atom is 0.214 e. The average Bonchev–Trinajstić information content (AvgIpc) is 3.02. The summed E-state index contributed by atoms with van der Waals surface area (Å²) in [4.78, 5) is 4.01. The minimum Gasteiger partial charge on any atom is -0.486 e. The molecule has 1 aliphatic rings. The SMILES string of the molecule is CC(C)S(=O)(=O)N[C@H]1COC[C@H]1Oc1ccc(-c2ccncc2)cc1. The van der Waals surface area contributed by atoms with Crippen molar-refractivity contribution >= 4 is 10.0 Å². The summed E-state index contributed by atoms with van der Waals surface area (Å²) in [6.07, 6.45) is 3.16. The molecule has 1 N–H and O–H groups in total. The van der Waals surface area contributed by atoms with Gasteiger partial charge in [-0.15, -0.1) is 0 Å². The van der Waals surface area contributed by atoms with E-state index in [0.717, 1.165) is 11.1 Å². The fourth-order valence-corrected chi connectivity index (χ4v) is 3.47. The van der Waals surface area contributed by atoms with Gasteiger partial charge < -0.3 is 9.47 Å². The molecular formula is C18H22N2O4S. The third-order valence-electron chi connectivity index (χ3n) is 4.12. The molecule has 2 aromatic rings. The second-order valence-electron chi connectivity index (χ2n) is 6.27. The van der Waals surface area contributed by atoms with Crippen LogP contribution in [0.5, 0.6) is 5.75 Å². The molecule has 1 saturated heterocycles. The van der Waals surface area contributed by atoms with E-state index in [1.165, 1.54) is 0 Å². The first-order valence-corrected chi connectivity index (χ1v) is 9.76. The van der Waals surface area contributed by atoms with Crippen LogP contribution in [-0.2, 0) is 14.8 Å². The Morgan fingerprint density at radius 1 is 1.08 bits per heavy atom. The number of sulfonamides is 1.